The molecule has 0 bridgehead atoms. The van der Waals surface area contributed by atoms with Crippen molar-refractivity contribution in [1.29, 1.82) is 0 Å². The van der Waals surface area contributed by atoms with Crippen molar-refractivity contribution in [3.8, 4) is 11.3 Å². The summed E-state index contributed by atoms with van der Waals surface area (Å²) in [4.78, 5) is 9.31. The van der Waals surface area contributed by atoms with E-state index in [0.717, 1.165) is 40.6 Å². The molecule has 1 aromatic carbocycles. The zero-order chi connectivity index (χ0) is 16.2. The normalized spacial score (nSPS) is 10.6. The van der Waals surface area contributed by atoms with Crippen LogP contribution in [0.5, 0.6) is 0 Å². The van der Waals surface area contributed by atoms with Gasteiger partial charge in [0.15, 0.2) is 0 Å². The Kier molecular flexibility index (Phi) is 4.38. The second-order valence-electron chi connectivity index (χ2n) is 5.70. The fourth-order valence-electron chi connectivity index (χ4n) is 2.52. The van der Waals surface area contributed by atoms with Crippen molar-refractivity contribution in [2.24, 2.45) is 0 Å². The molecule has 0 atom stereocenters. The van der Waals surface area contributed by atoms with Gasteiger partial charge in [0.1, 0.15) is 5.82 Å². The Hall–Kier alpha value is -2.68. The third-order valence-corrected chi connectivity index (χ3v) is 3.81. The molecule has 3 nitrogen and oxygen atoms in total. The number of rotatable bonds is 4. The lowest BCUT2D eigenvalue weighted by Gasteiger charge is -2.12. The van der Waals surface area contributed by atoms with Crippen molar-refractivity contribution in [3.05, 3.63) is 71.5 Å². The van der Waals surface area contributed by atoms with Gasteiger partial charge in [-0.15, -0.1) is 0 Å². The molecule has 0 radical (unpaired) electrons. The van der Waals surface area contributed by atoms with Gasteiger partial charge in [0, 0.05) is 11.3 Å². The van der Waals surface area contributed by atoms with E-state index in [9.17, 15) is 0 Å². The predicted octanol–water partition coefficient (Wildman–Crippen LogP) is 5.07. The highest BCUT2D eigenvalue weighted by atomic mass is 15.0. The van der Waals surface area contributed by atoms with Crippen molar-refractivity contribution >= 4 is 11.5 Å². The monoisotopic (exact) mass is 303 g/mol. The molecule has 2 heterocycles. The summed E-state index contributed by atoms with van der Waals surface area (Å²) in [6.07, 6.45) is 0.869. The maximum Gasteiger partial charge on any atom is 0.130 e. The fourth-order valence-corrected chi connectivity index (χ4v) is 2.52. The molecule has 3 heteroatoms. The topological polar surface area (TPSA) is 37.8 Å². The smallest absolute Gasteiger partial charge is 0.130 e. The van der Waals surface area contributed by atoms with Crippen molar-refractivity contribution in [3.63, 3.8) is 0 Å². The van der Waals surface area contributed by atoms with Gasteiger partial charge in [-0.05, 0) is 44.5 Å². The van der Waals surface area contributed by atoms with Crippen LogP contribution in [0.2, 0.25) is 0 Å². The third-order valence-electron chi connectivity index (χ3n) is 3.81. The van der Waals surface area contributed by atoms with Crippen LogP contribution in [-0.2, 0) is 6.42 Å². The Bertz CT molecular complexity index is 807. The Morgan fingerprint density at radius 3 is 2.35 bits per heavy atom. The van der Waals surface area contributed by atoms with Crippen LogP contribution in [0.3, 0.4) is 0 Å². The number of hydrogen-bond donors (Lipinski definition) is 1. The molecule has 1 N–H and O–H groups in total. The van der Waals surface area contributed by atoms with Crippen molar-refractivity contribution < 1.29 is 0 Å². The maximum atomic E-state index is 4.82. The second kappa shape index (κ2) is 6.61. The number of benzene rings is 1. The van der Waals surface area contributed by atoms with E-state index in [1.54, 1.807) is 0 Å². The molecule has 0 unspecified atom stereocenters. The molecular weight excluding hydrogens is 282 g/mol. The van der Waals surface area contributed by atoms with Gasteiger partial charge in [-0.2, -0.15) is 0 Å². The first-order valence-corrected chi connectivity index (χ1v) is 7.93. The summed E-state index contributed by atoms with van der Waals surface area (Å²) >= 11 is 0. The predicted molar refractivity (Wildman–Crippen MR) is 96.0 cm³/mol. The molecule has 23 heavy (non-hydrogen) atoms. The zero-order valence-corrected chi connectivity index (χ0v) is 13.8. The molecule has 0 fully saturated rings. The summed E-state index contributed by atoms with van der Waals surface area (Å²) in [5, 5.41) is 3.38. The SMILES string of the molecule is CCc1nc(-c2ccc(C)cc2)ccc1Nc1cccc(C)n1. The van der Waals surface area contributed by atoms with Gasteiger partial charge in [0.05, 0.1) is 17.1 Å². The van der Waals surface area contributed by atoms with Gasteiger partial charge in [0.25, 0.3) is 0 Å². The zero-order valence-electron chi connectivity index (χ0n) is 13.8. The van der Waals surface area contributed by atoms with Crippen LogP contribution in [0.1, 0.15) is 23.9 Å². The average molecular weight is 303 g/mol. The molecule has 0 aliphatic rings. The molecule has 3 rings (SSSR count). The van der Waals surface area contributed by atoms with E-state index in [0.29, 0.717) is 0 Å². The van der Waals surface area contributed by atoms with Crippen LogP contribution < -0.4 is 5.32 Å². The highest BCUT2D eigenvalue weighted by Gasteiger charge is 2.07. The first-order valence-electron chi connectivity index (χ1n) is 7.93. The second-order valence-corrected chi connectivity index (χ2v) is 5.70. The fraction of sp³-hybridized carbons (Fsp3) is 0.200. The Labute approximate surface area is 137 Å². The Morgan fingerprint density at radius 1 is 0.870 bits per heavy atom. The highest BCUT2D eigenvalue weighted by Crippen LogP contribution is 2.24. The highest BCUT2D eigenvalue weighted by molar-refractivity contribution is 5.66. The van der Waals surface area contributed by atoms with E-state index < -0.39 is 0 Å². The first kappa shape index (κ1) is 15.2. The molecule has 0 spiro atoms. The summed E-state index contributed by atoms with van der Waals surface area (Å²) < 4.78 is 0. The number of aromatic nitrogens is 2. The number of aryl methyl sites for hydroxylation is 3. The van der Waals surface area contributed by atoms with E-state index in [1.165, 1.54) is 5.56 Å². The lowest BCUT2D eigenvalue weighted by Crippen LogP contribution is -2.01. The summed E-state index contributed by atoms with van der Waals surface area (Å²) in [6, 6.07) is 18.6. The average Bonchev–Trinajstić information content (AvgIpc) is 2.56. The van der Waals surface area contributed by atoms with Crippen molar-refractivity contribution in [1.82, 2.24) is 9.97 Å². The summed E-state index contributed by atoms with van der Waals surface area (Å²) in [5.41, 5.74) is 6.47. The van der Waals surface area contributed by atoms with Gasteiger partial charge < -0.3 is 5.32 Å². The molecule has 0 saturated carbocycles. The largest absolute Gasteiger partial charge is 0.339 e. The van der Waals surface area contributed by atoms with Crippen LogP contribution in [0.15, 0.2) is 54.6 Å². The summed E-state index contributed by atoms with van der Waals surface area (Å²) in [7, 11) is 0. The quantitative estimate of drug-likeness (QED) is 0.731. The molecular formula is C20H21N3. The van der Waals surface area contributed by atoms with E-state index in [4.69, 9.17) is 4.98 Å². The number of hydrogen-bond acceptors (Lipinski definition) is 3. The van der Waals surface area contributed by atoms with Crippen LogP contribution in [0.4, 0.5) is 11.5 Å². The molecule has 3 aromatic rings. The standard InChI is InChI=1S/C20H21N3/c1-4-17-19(23-20-7-5-6-15(3)21-20)13-12-18(22-17)16-10-8-14(2)9-11-16/h5-13H,4H2,1-3H3,(H,21,23). The molecule has 0 aliphatic heterocycles. The van der Waals surface area contributed by atoms with Crippen LogP contribution in [0.25, 0.3) is 11.3 Å². The number of pyridine rings is 2. The summed E-state index contributed by atoms with van der Waals surface area (Å²) in [5.74, 6) is 0.851. The van der Waals surface area contributed by atoms with E-state index in [-0.39, 0.29) is 0 Å². The minimum atomic E-state index is 0.851. The number of nitrogens with one attached hydrogen (secondary N) is 1. The first-order chi connectivity index (χ1) is 11.2. The van der Waals surface area contributed by atoms with E-state index in [1.807, 2.05) is 25.1 Å². The number of nitrogens with zero attached hydrogens (tertiary/aromatic N) is 2. The van der Waals surface area contributed by atoms with E-state index in [2.05, 4.69) is 60.5 Å². The van der Waals surface area contributed by atoms with Crippen molar-refractivity contribution in [2.45, 2.75) is 27.2 Å². The van der Waals surface area contributed by atoms with Crippen LogP contribution in [-0.4, -0.2) is 9.97 Å². The maximum absolute atomic E-state index is 4.82. The number of anilines is 2. The molecule has 0 aliphatic carbocycles. The van der Waals surface area contributed by atoms with E-state index >= 15 is 0 Å². The lowest BCUT2D eigenvalue weighted by atomic mass is 10.1. The Balaban J connectivity index is 1.92. The van der Waals surface area contributed by atoms with Crippen LogP contribution in [0, 0.1) is 13.8 Å². The van der Waals surface area contributed by atoms with Crippen LogP contribution >= 0.6 is 0 Å². The lowest BCUT2D eigenvalue weighted by molar-refractivity contribution is 1.04. The molecule has 0 saturated heterocycles. The Morgan fingerprint density at radius 2 is 1.65 bits per heavy atom. The van der Waals surface area contributed by atoms with Crippen molar-refractivity contribution in [2.75, 3.05) is 5.32 Å². The van der Waals surface area contributed by atoms with Gasteiger partial charge in [-0.25, -0.2) is 4.98 Å². The molecule has 0 amide bonds. The van der Waals surface area contributed by atoms with Gasteiger partial charge in [-0.1, -0.05) is 42.8 Å². The third kappa shape index (κ3) is 3.57. The van der Waals surface area contributed by atoms with Gasteiger partial charge in [-0.3, -0.25) is 4.98 Å². The van der Waals surface area contributed by atoms with Gasteiger partial charge >= 0.3 is 0 Å². The summed E-state index contributed by atoms with van der Waals surface area (Å²) in [6.45, 7) is 6.21. The minimum absolute atomic E-state index is 0.851. The van der Waals surface area contributed by atoms with Gasteiger partial charge in [0.2, 0.25) is 0 Å². The minimum Gasteiger partial charge on any atom is -0.339 e. The molecule has 116 valence electrons. The molecule has 2 aromatic heterocycles.